The van der Waals surface area contributed by atoms with Crippen LogP contribution < -0.4 is 10.1 Å². The van der Waals surface area contributed by atoms with Crippen molar-refractivity contribution in [3.05, 3.63) is 32.8 Å². The number of non-ortho nitro benzene ring substituents is 1. The summed E-state index contributed by atoms with van der Waals surface area (Å²) in [6, 6.07) is 4.98. The lowest BCUT2D eigenvalue weighted by atomic mass is 9.64. The molecule has 0 radical (unpaired) electrons. The molecule has 0 aliphatic heterocycles. The quantitative estimate of drug-likeness (QED) is 0.681. The maximum absolute atomic E-state index is 10.8. The van der Waals surface area contributed by atoms with Crippen LogP contribution in [0.2, 0.25) is 0 Å². The molecule has 1 aromatic carbocycles. The highest BCUT2D eigenvalue weighted by atomic mass is 79.9. The van der Waals surface area contributed by atoms with Crippen LogP contribution in [-0.4, -0.2) is 24.1 Å². The number of halogens is 1. The summed E-state index contributed by atoms with van der Waals surface area (Å²) < 4.78 is 6.67. The first-order valence-corrected chi connectivity index (χ1v) is 6.93. The fraction of sp³-hybridized carbons (Fsp3) is 0.538. The van der Waals surface area contributed by atoms with Crippen LogP contribution in [0.25, 0.3) is 0 Å². The topological polar surface area (TPSA) is 64.4 Å². The Bertz CT molecular complexity index is 505. The summed E-state index contributed by atoms with van der Waals surface area (Å²) in [5.41, 5.74) is 0.0548. The minimum absolute atomic E-state index is 0.0127. The van der Waals surface area contributed by atoms with Crippen molar-refractivity contribution in [3.8, 4) is 5.75 Å². The van der Waals surface area contributed by atoms with E-state index < -0.39 is 4.92 Å². The highest BCUT2D eigenvalue weighted by molar-refractivity contribution is 9.10. The van der Waals surface area contributed by atoms with Gasteiger partial charge in [0.2, 0.25) is 0 Å². The molecule has 0 amide bonds. The van der Waals surface area contributed by atoms with E-state index >= 15 is 0 Å². The van der Waals surface area contributed by atoms with E-state index in [0.29, 0.717) is 11.8 Å². The number of benzene rings is 1. The molecular weight excluding hydrogens is 312 g/mol. The molecular formula is C13H17BrN2O3. The number of nitrogens with zero attached hydrogens (tertiary/aromatic N) is 1. The highest BCUT2D eigenvalue weighted by Crippen LogP contribution is 2.44. The Morgan fingerprint density at radius 1 is 1.53 bits per heavy atom. The molecule has 5 nitrogen and oxygen atoms in total. The summed E-state index contributed by atoms with van der Waals surface area (Å²) in [6.45, 7) is 4.27. The number of nitro groups is 1. The maximum atomic E-state index is 10.8. The van der Waals surface area contributed by atoms with E-state index in [1.54, 1.807) is 6.07 Å². The standard InChI is InChI=1S/C13H17BrN2O3/c1-13(2)11(15-3)7-12(13)19-10-6-8(16(17)18)4-5-9(10)14/h4-6,11-12,15H,7H2,1-3H3. The second kappa shape index (κ2) is 5.09. The van der Waals surface area contributed by atoms with Gasteiger partial charge in [-0.3, -0.25) is 10.1 Å². The minimum Gasteiger partial charge on any atom is -0.488 e. The van der Waals surface area contributed by atoms with Gasteiger partial charge in [-0.15, -0.1) is 0 Å². The third-order valence-corrected chi connectivity index (χ3v) is 4.58. The molecule has 0 spiro atoms. The average molecular weight is 329 g/mol. The molecule has 1 fully saturated rings. The molecule has 1 N–H and O–H groups in total. The monoisotopic (exact) mass is 328 g/mol. The lowest BCUT2D eigenvalue weighted by molar-refractivity contribution is -0.385. The van der Waals surface area contributed by atoms with E-state index in [4.69, 9.17) is 4.74 Å². The largest absolute Gasteiger partial charge is 0.488 e. The van der Waals surface area contributed by atoms with Crippen LogP contribution in [-0.2, 0) is 0 Å². The molecule has 1 aromatic rings. The molecule has 0 saturated heterocycles. The Labute approximate surface area is 120 Å². The van der Waals surface area contributed by atoms with Crippen LogP contribution in [0.4, 0.5) is 5.69 Å². The number of nitro benzene ring substituents is 1. The minimum atomic E-state index is -0.415. The van der Waals surface area contributed by atoms with Gasteiger partial charge in [0.05, 0.1) is 15.5 Å². The van der Waals surface area contributed by atoms with Gasteiger partial charge < -0.3 is 10.1 Å². The number of hydrogen-bond donors (Lipinski definition) is 1. The predicted octanol–water partition coefficient (Wildman–Crippen LogP) is 3.12. The zero-order valence-corrected chi connectivity index (χ0v) is 12.7. The van der Waals surface area contributed by atoms with E-state index in [2.05, 4.69) is 35.1 Å². The van der Waals surface area contributed by atoms with Crippen molar-refractivity contribution in [2.45, 2.75) is 32.4 Å². The normalized spacial score (nSPS) is 24.6. The van der Waals surface area contributed by atoms with Crippen molar-refractivity contribution in [2.75, 3.05) is 7.05 Å². The molecule has 19 heavy (non-hydrogen) atoms. The molecule has 1 aliphatic carbocycles. The number of hydrogen-bond acceptors (Lipinski definition) is 4. The van der Waals surface area contributed by atoms with Gasteiger partial charge in [0.25, 0.3) is 5.69 Å². The zero-order chi connectivity index (χ0) is 14.2. The average Bonchev–Trinajstić information content (AvgIpc) is 2.35. The van der Waals surface area contributed by atoms with Crippen molar-refractivity contribution in [1.29, 1.82) is 0 Å². The summed E-state index contributed by atoms with van der Waals surface area (Å²) >= 11 is 3.37. The highest BCUT2D eigenvalue weighted by Gasteiger charge is 2.49. The van der Waals surface area contributed by atoms with Gasteiger partial charge in [-0.2, -0.15) is 0 Å². The SMILES string of the molecule is CNC1CC(Oc2cc([N+](=O)[O-])ccc2Br)C1(C)C. The van der Waals surface area contributed by atoms with Gasteiger partial charge in [0.1, 0.15) is 11.9 Å². The summed E-state index contributed by atoms with van der Waals surface area (Å²) in [5.74, 6) is 0.529. The Morgan fingerprint density at radius 2 is 2.21 bits per heavy atom. The second-order valence-electron chi connectivity index (χ2n) is 5.38. The van der Waals surface area contributed by atoms with Crippen LogP contribution in [0.15, 0.2) is 22.7 Å². The summed E-state index contributed by atoms with van der Waals surface area (Å²) in [5, 5.41) is 14.0. The maximum Gasteiger partial charge on any atom is 0.273 e. The zero-order valence-electron chi connectivity index (χ0n) is 11.1. The smallest absolute Gasteiger partial charge is 0.273 e. The van der Waals surface area contributed by atoms with Crippen LogP contribution in [0.5, 0.6) is 5.75 Å². The van der Waals surface area contributed by atoms with Gasteiger partial charge in [-0.1, -0.05) is 13.8 Å². The van der Waals surface area contributed by atoms with Crippen molar-refractivity contribution >= 4 is 21.6 Å². The van der Waals surface area contributed by atoms with Crippen molar-refractivity contribution in [1.82, 2.24) is 5.32 Å². The van der Waals surface area contributed by atoms with Gasteiger partial charge in [-0.25, -0.2) is 0 Å². The molecule has 2 rings (SSSR count). The van der Waals surface area contributed by atoms with E-state index in [9.17, 15) is 10.1 Å². The first-order valence-electron chi connectivity index (χ1n) is 6.14. The summed E-state index contributed by atoms with van der Waals surface area (Å²) in [4.78, 5) is 10.4. The van der Waals surface area contributed by atoms with Crippen LogP contribution in [0.3, 0.4) is 0 Å². The molecule has 2 unspecified atom stereocenters. The first-order chi connectivity index (χ1) is 8.86. The lowest BCUT2D eigenvalue weighted by Gasteiger charge is -2.51. The van der Waals surface area contributed by atoms with E-state index in [-0.39, 0.29) is 17.2 Å². The molecule has 104 valence electrons. The van der Waals surface area contributed by atoms with Gasteiger partial charge >= 0.3 is 0 Å². The third kappa shape index (κ3) is 2.60. The number of rotatable bonds is 4. The Morgan fingerprint density at radius 3 is 2.74 bits per heavy atom. The van der Waals surface area contributed by atoms with E-state index in [1.807, 2.05) is 7.05 Å². The molecule has 0 bridgehead atoms. The van der Waals surface area contributed by atoms with Crippen molar-refractivity contribution in [3.63, 3.8) is 0 Å². The number of nitrogens with one attached hydrogen (secondary N) is 1. The van der Waals surface area contributed by atoms with Crippen LogP contribution in [0, 0.1) is 15.5 Å². The Balaban J connectivity index is 2.16. The summed E-state index contributed by atoms with van der Waals surface area (Å²) in [7, 11) is 1.94. The van der Waals surface area contributed by atoms with Crippen molar-refractivity contribution in [2.24, 2.45) is 5.41 Å². The van der Waals surface area contributed by atoms with E-state index in [0.717, 1.165) is 10.9 Å². The molecule has 6 heteroatoms. The fourth-order valence-corrected chi connectivity index (χ4v) is 2.76. The van der Waals surface area contributed by atoms with Gasteiger partial charge in [0.15, 0.2) is 0 Å². The van der Waals surface area contributed by atoms with Crippen LogP contribution in [0.1, 0.15) is 20.3 Å². The second-order valence-corrected chi connectivity index (χ2v) is 6.23. The molecule has 1 saturated carbocycles. The van der Waals surface area contributed by atoms with Gasteiger partial charge in [-0.05, 0) is 29.0 Å². The molecule has 1 aliphatic rings. The molecule has 2 atom stereocenters. The first kappa shape index (κ1) is 14.3. The molecule has 0 heterocycles. The van der Waals surface area contributed by atoms with Crippen molar-refractivity contribution < 1.29 is 9.66 Å². The fourth-order valence-electron chi connectivity index (χ4n) is 2.42. The van der Waals surface area contributed by atoms with E-state index in [1.165, 1.54) is 12.1 Å². The predicted molar refractivity (Wildman–Crippen MR) is 76.5 cm³/mol. The van der Waals surface area contributed by atoms with Gasteiger partial charge in [0, 0.05) is 23.9 Å². The summed E-state index contributed by atoms with van der Waals surface area (Å²) in [6.07, 6.45) is 0.960. The lowest BCUT2D eigenvalue weighted by Crippen LogP contribution is -2.61. The third-order valence-electron chi connectivity index (χ3n) is 3.92. The number of ether oxygens (including phenoxy) is 1. The Hall–Kier alpha value is -1.14. The molecule has 0 aromatic heterocycles. The van der Waals surface area contributed by atoms with Crippen LogP contribution >= 0.6 is 15.9 Å². The Kier molecular flexibility index (Phi) is 3.82.